The fraction of sp³-hybridized carbons (Fsp3) is 0.600. The van der Waals surface area contributed by atoms with Gasteiger partial charge in [-0.05, 0) is 6.92 Å². The number of aromatic nitrogens is 1. The third kappa shape index (κ3) is 3.04. The average Bonchev–Trinajstić information content (AvgIpc) is 2.65. The van der Waals surface area contributed by atoms with Crippen LogP contribution in [0.2, 0.25) is 0 Å². The number of hydrogen-bond acceptors (Lipinski definition) is 4. The lowest BCUT2D eigenvalue weighted by Gasteiger charge is -2.22. The Labute approximate surface area is 93.5 Å². The van der Waals surface area contributed by atoms with E-state index in [1.807, 2.05) is 6.92 Å². The Morgan fingerprint density at radius 3 is 2.94 bits per heavy atom. The minimum Gasteiger partial charge on any atom is -0.370 e. The van der Waals surface area contributed by atoms with Crippen LogP contribution in [-0.2, 0) is 9.53 Å². The van der Waals surface area contributed by atoms with Crippen LogP contribution in [0.3, 0.4) is 0 Å². The van der Waals surface area contributed by atoms with Gasteiger partial charge in [0.1, 0.15) is 13.1 Å². The monoisotopic (exact) mass is 226 g/mol. The Kier molecular flexibility index (Phi) is 3.53. The molecule has 1 aromatic rings. The maximum atomic E-state index is 11.6. The van der Waals surface area contributed by atoms with Crippen LogP contribution >= 0.6 is 0 Å². The molecule has 0 unspecified atom stereocenters. The van der Waals surface area contributed by atoms with E-state index < -0.39 is 0 Å². The summed E-state index contributed by atoms with van der Waals surface area (Å²) in [5.74, 6) is 0.364. The van der Waals surface area contributed by atoms with Crippen molar-refractivity contribution < 1.29 is 19.0 Å². The van der Waals surface area contributed by atoms with Gasteiger partial charge in [-0.25, -0.2) is 0 Å². The number of carbonyl (C=O) groups is 1. The Balaban J connectivity index is 1.79. The number of aryl methyl sites for hydroxylation is 1. The highest BCUT2D eigenvalue weighted by molar-refractivity contribution is 5.90. The molecule has 1 fully saturated rings. The lowest BCUT2D eigenvalue weighted by Crippen LogP contribution is -3.15. The van der Waals surface area contributed by atoms with Crippen LogP contribution in [0.4, 0.5) is 5.88 Å². The summed E-state index contributed by atoms with van der Waals surface area (Å²) in [6, 6.07) is 1.70. The number of quaternary nitrogens is 1. The molecule has 1 amide bonds. The first-order chi connectivity index (χ1) is 7.74. The second-order valence-electron chi connectivity index (χ2n) is 3.92. The Bertz CT molecular complexity index is 358. The van der Waals surface area contributed by atoms with E-state index in [-0.39, 0.29) is 5.91 Å². The van der Waals surface area contributed by atoms with Gasteiger partial charge in [-0.1, -0.05) is 5.16 Å². The van der Waals surface area contributed by atoms with Crippen LogP contribution in [0, 0.1) is 6.92 Å². The van der Waals surface area contributed by atoms with Crippen molar-refractivity contribution in [2.24, 2.45) is 0 Å². The van der Waals surface area contributed by atoms with Crippen LogP contribution in [0.25, 0.3) is 0 Å². The van der Waals surface area contributed by atoms with Gasteiger partial charge < -0.3 is 14.2 Å². The number of nitrogens with zero attached hydrogens (tertiary/aromatic N) is 1. The molecule has 0 radical (unpaired) electrons. The molecule has 6 nitrogen and oxygen atoms in total. The number of hydrogen-bond donors (Lipinski definition) is 2. The molecule has 1 aliphatic heterocycles. The molecular formula is C10H16N3O3+. The molecule has 0 aliphatic carbocycles. The molecule has 1 aliphatic rings. The van der Waals surface area contributed by atoms with E-state index in [1.54, 1.807) is 6.07 Å². The SMILES string of the molecule is Cc1cc(NC(=O)C[NH+]2CCOCC2)on1. The predicted molar refractivity (Wildman–Crippen MR) is 56.3 cm³/mol. The minimum absolute atomic E-state index is 0.0481. The molecule has 2 rings (SSSR count). The lowest BCUT2D eigenvalue weighted by molar-refractivity contribution is -0.899. The van der Waals surface area contributed by atoms with Crippen molar-refractivity contribution in [3.05, 3.63) is 11.8 Å². The van der Waals surface area contributed by atoms with E-state index in [9.17, 15) is 4.79 Å². The summed E-state index contributed by atoms with van der Waals surface area (Å²) in [7, 11) is 0. The number of nitrogens with one attached hydrogen (secondary N) is 2. The molecule has 6 heteroatoms. The van der Waals surface area contributed by atoms with Crippen molar-refractivity contribution in [1.82, 2.24) is 5.16 Å². The summed E-state index contributed by atoms with van der Waals surface area (Å²) in [4.78, 5) is 12.9. The maximum Gasteiger partial charge on any atom is 0.281 e. The van der Waals surface area contributed by atoms with Gasteiger partial charge in [0.25, 0.3) is 5.91 Å². The number of carbonyl (C=O) groups excluding carboxylic acids is 1. The number of ether oxygens (including phenoxy) is 1. The zero-order valence-corrected chi connectivity index (χ0v) is 9.28. The van der Waals surface area contributed by atoms with E-state index in [0.717, 1.165) is 32.0 Å². The molecule has 88 valence electrons. The van der Waals surface area contributed by atoms with Crippen molar-refractivity contribution in [1.29, 1.82) is 0 Å². The molecule has 16 heavy (non-hydrogen) atoms. The summed E-state index contributed by atoms with van der Waals surface area (Å²) in [6.07, 6.45) is 0. The number of amides is 1. The third-order valence-electron chi connectivity index (χ3n) is 2.50. The molecule has 0 bridgehead atoms. The first-order valence-electron chi connectivity index (χ1n) is 5.38. The van der Waals surface area contributed by atoms with Gasteiger partial charge in [0.15, 0.2) is 6.54 Å². The molecule has 0 spiro atoms. The van der Waals surface area contributed by atoms with Crippen LogP contribution in [-0.4, -0.2) is 43.9 Å². The number of anilines is 1. The zero-order valence-electron chi connectivity index (χ0n) is 9.28. The molecule has 2 N–H and O–H groups in total. The summed E-state index contributed by atoms with van der Waals surface area (Å²) in [5.41, 5.74) is 0.758. The van der Waals surface area contributed by atoms with E-state index in [2.05, 4.69) is 10.5 Å². The fourth-order valence-electron chi connectivity index (χ4n) is 1.67. The zero-order chi connectivity index (χ0) is 11.4. The first kappa shape index (κ1) is 11.1. The van der Waals surface area contributed by atoms with Crippen molar-refractivity contribution in [2.75, 3.05) is 38.2 Å². The van der Waals surface area contributed by atoms with Gasteiger partial charge in [0.2, 0.25) is 5.88 Å². The molecular weight excluding hydrogens is 210 g/mol. The lowest BCUT2D eigenvalue weighted by atomic mass is 10.4. The summed E-state index contributed by atoms with van der Waals surface area (Å²) < 4.78 is 10.1. The van der Waals surface area contributed by atoms with E-state index in [1.165, 1.54) is 4.90 Å². The van der Waals surface area contributed by atoms with Crippen molar-refractivity contribution >= 4 is 11.8 Å². The van der Waals surface area contributed by atoms with Gasteiger partial charge in [0.05, 0.1) is 18.9 Å². The van der Waals surface area contributed by atoms with Crippen molar-refractivity contribution in [3.63, 3.8) is 0 Å². The maximum absolute atomic E-state index is 11.6. The number of rotatable bonds is 3. The standard InChI is InChI=1S/C10H15N3O3/c1-8-6-10(16-12-8)11-9(14)7-13-2-4-15-5-3-13/h6H,2-5,7H2,1H3,(H,11,14)/p+1. The normalized spacial score (nSPS) is 17.3. The Morgan fingerprint density at radius 1 is 1.56 bits per heavy atom. The van der Waals surface area contributed by atoms with Crippen LogP contribution in [0.15, 0.2) is 10.6 Å². The second-order valence-corrected chi connectivity index (χ2v) is 3.92. The fourth-order valence-corrected chi connectivity index (χ4v) is 1.67. The molecule has 1 saturated heterocycles. The Morgan fingerprint density at radius 2 is 2.31 bits per heavy atom. The largest absolute Gasteiger partial charge is 0.370 e. The van der Waals surface area contributed by atoms with Gasteiger partial charge in [-0.3, -0.25) is 10.1 Å². The average molecular weight is 226 g/mol. The van der Waals surface area contributed by atoms with E-state index in [0.29, 0.717) is 12.4 Å². The highest BCUT2D eigenvalue weighted by atomic mass is 16.5. The van der Waals surface area contributed by atoms with Gasteiger partial charge in [-0.2, -0.15) is 0 Å². The molecule has 0 aromatic carbocycles. The van der Waals surface area contributed by atoms with E-state index in [4.69, 9.17) is 9.26 Å². The summed E-state index contributed by atoms with van der Waals surface area (Å²) >= 11 is 0. The van der Waals surface area contributed by atoms with Gasteiger partial charge in [0, 0.05) is 6.07 Å². The van der Waals surface area contributed by atoms with Gasteiger partial charge >= 0.3 is 0 Å². The number of morpholine rings is 1. The quantitative estimate of drug-likeness (QED) is 0.682. The van der Waals surface area contributed by atoms with E-state index >= 15 is 0 Å². The van der Waals surface area contributed by atoms with Gasteiger partial charge in [-0.15, -0.1) is 0 Å². The highest BCUT2D eigenvalue weighted by Gasteiger charge is 2.18. The second kappa shape index (κ2) is 5.09. The smallest absolute Gasteiger partial charge is 0.281 e. The Hall–Kier alpha value is -1.40. The summed E-state index contributed by atoms with van der Waals surface area (Å²) in [6.45, 7) is 5.47. The topological polar surface area (TPSA) is 68.8 Å². The minimum atomic E-state index is -0.0481. The van der Waals surface area contributed by atoms with Crippen LogP contribution in [0.5, 0.6) is 0 Å². The molecule has 1 aromatic heterocycles. The third-order valence-corrected chi connectivity index (χ3v) is 2.50. The molecule has 0 atom stereocenters. The highest BCUT2D eigenvalue weighted by Crippen LogP contribution is 2.07. The molecule has 0 saturated carbocycles. The molecule has 2 heterocycles. The first-order valence-corrected chi connectivity index (χ1v) is 5.38. The van der Waals surface area contributed by atoms with Crippen molar-refractivity contribution in [2.45, 2.75) is 6.92 Å². The van der Waals surface area contributed by atoms with Crippen molar-refractivity contribution in [3.8, 4) is 0 Å². The summed E-state index contributed by atoms with van der Waals surface area (Å²) in [5, 5.41) is 6.38. The predicted octanol–water partition coefficient (Wildman–Crippen LogP) is -1.16. The van der Waals surface area contributed by atoms with Crippen LogP contribution < -0.4 is 10.2 Å². The van der Waals surface area contributed by atoms with Crippen LogP contribution in [0.1, 0.15) is 5.69 Å².